The van der Waals surface area contributed by atoms with E-state index in [2.05, 4.69) is 15.2 Å². The van der Waals surface area contributed by atoms with Crippen molar-refractivity contribution in [3.8, 4) is 11.3 Å². The number of rotatable bonds is 2. The molecular weight excluding hydrogens is 278 g/mol. The van der Waals surface area contributed by atoms with Gasteiger partial charge in [-0.1, -0.05) is 24.3 Å². The lowest BCUT2D eigenvalue weighted by molar-refractivity contribution is 0.0699. The molecule has 0 saturated heterocycles. The molecule has 0 fully saturated rings. The Morgan fingerprint density at radius 1 is 1.09 bits per heavy atom. The monoisotopic (exact) mass is 291 g/mol. The van der Waals surface area contributed by atoms with E-state index in [1.807, 2.05) is 37.3 Å². The average Bonchev–Trinajstić information content (AvgIpc) is 3.06. The molecule has 2 aromatic carbocycles. The summed E-state index contributed by atoms with van der Waals surface area (Å²) in [4.78, 5) is 14.9. The number of carboxylic acids is 1. The van der Waals surface area contributed by atoms with Crippen LogP contribution in [0.15, 0.2) is 42.5 Å². The number of nitrogens with one attached hydrogen (secondary N) is 2. The summed E-state index contributed by atoms with van der Waals surface area (Å²) in [6.07, 6.45) is 0. The number of para-hydroxylation sites is 1. The fourth-order valence-corrected chi connectivity index (χ4v) is 3.01. The molecule has 0 amide bonds. The Labute approximate surface area is 125 Å². The van der Waals surface area contributed by atoms with Crippen molar-refractivity contribution in [3.05, 3.63) is 53.7 Å². The van der Waals surface area contributed by atoms with Gasteiger partial charge in [-0.3, -0.25) is 5.10 Å². The number of aromatic carboxylic acids is 1. The van der Waals surface area contributed by atoms with Gasteiger partial charge in [0.05, 0.1) is 11.1 Å². The topological polar surface area (TPSA) is 81.8 Å². The lowest BCUT2D eigenvalue weighted by Crippen LogP contribution is -1.97. The maximum Gasteiger partial charge on any atom is 0.336 e. The van der Waals surface area contributed by atoms with Crippen LogP contribution in [0.5, 0.6) is 0 Å². The molecule has 0 spiro atoms. The molecule has 0 aliphatic carbocycles. The average molecular weight is 291 g/mol. The van der Waals surface area contributed by atoms with Crippen molar-refractivity contribution in [2.75, 3.05) is 0 Å². The Bertz CT molecular complexity index is 1030. The molecule has 2 heterocycles. The van der Waals surface area contributed by atoms with Gasteiger partial charge in [-0.2, -0.15) is 5.10 Å². The van der Waals surface area contributed by atoms with Crippen LogP contribution in [0.1, 0.15) is 16.1 Å². The van der Waals surface area contributed by atoms with Gasteiger partial charge in [-0.25, -0.2) is 4.79 Å². The zero-order valence-electron chi connectivity index (χ0n) is 11.8. The van der Waals surface area contributed by atoms with Gasteiger partial charge in [0.1, 0.15) is 5.69 Å². The molecule has 2 aromatic heterocycles. The van der Waals surface area contributed by atoms with E-state index in [9.17, 15) is 9.90 Å². The van der Waals surface area contributed by atoms with E-state index >= 15 is 0 Å². The predicted molar refractivity (Wildman–Crippen MR) is 85.1 cm³/mol. The lowest BCUT2D eigenvalue weighted by Gasteiger charge is -2.02. The smallest absolute Gasteiger partial charge is 0.336 e. The van der Waals surface area contributed by atoms with Crippen molar-refractivity contribution in [1.82, 2.24) is 15.2 Å². The zero-order valence-corrected chi connectivity index (χ0v) is 11.8. The molecule has 0 radical (unpaired) electrons. The molecule has 5 heteroatoms. The van der Waals surface area contributed by atoms with Crippen LogP contribution >= 0.6 is 0 Å². The van der Waals surface area contributed by atoms with Crippen molar-refractivity contribution in [2.24, 2.45) is 0 Å². The highest BCUT2D eigenvalue weighted by Crippen LogP contribution is 2.36. The van der Waals surface area contributed by atoms with Gasteiger partial charge in [0, 0.05) is 27.5 Å². The van der Waals surface area contributed by atoms with Gasteiger partial charge < -0.3 is 10.1 Å². The second-order valence-electron chi connectivity index (χ2n) is 5.28. The molecule has 0 bridgehead atoms. The molecule has 0 aliphatic heterocycles. The highest BCUT2D eigenvalue weighted by Gasteiger charge is 2.20. The molecule has 0 saturated carbocycles. The van der Waals surface area contributed by atoms with Gasteiger partial charge in [-0.15, -0.1) is 0 Å². The van der Waals surface area contributed by atoms with Crippen molar-refractivity contribution in [1.29, 1.82) is 0 Å². The standard InChI is InChI=1S/C17H13N3O2/c1-9-14(10-5-2-3-7-12(10)18-9)16-15-11(17(21)22)6-4-8-13(15)19-20-16/h2-8,18H,1H3,(H,19,20)(H,21,22). The summed E-state index contributed by atoms with van der Waals surface area (Å²) in [5.41, 5.74) is 4.57. The number of carboxylic acid groups (broad SMARTS) is 1. The summed E-state index contributed by atoms with van der Waals surface area (Å²) in [6, 6.07) is 13.1. The summed E-state index contributed by atoms with van der Waals surface area (Å²) >= 11 is 0. The lowest BCUT2D eigenvalue weighted by atomic mass is 10.0. The number of benzene rings is 2. The van der Waals surface area contributed by atoms with Gasteiger partial charge in [0.15, 0.2) is 0 Å². The second kappa shape index (κ2) is 4.46. The number of hydrogen-bond donors (Lipinski definition) is 3. The van der Waals surface area contributed by atoms with E-state index in [4.69, 9.17) is 0 Å². The normalized spacial score (nSPS) is 11.3. The Balaban J connectivity index is 2.13. The molecule has 0 unspecified atom stereocenters. The van der Waals surface area contributed by atoms with Crippen molar-refractivity contribution >= 4 is 27.8 Å². The predicted octanol–water partition coefficient (Wildman–Crippen LogP) is 3.72. The van der Waals surface area contributed by atoms with E-state index in [-0.39, 0.29) is 5.56 Å². The molecule has 0 atom stereocenters. The summed E-state index contributed by atoms with van der Waals surface area (Å²) in [7, 11) is 0. The summed E-state index contributed by atoms with van der Waals surface area (Å²) in [6.45, 7) is 1.97. The Kier molecular flexibility index (Phi) is 2.56. The van der Waals surface area contributed by atoms with E-state index in [1.165, 1.54) is 0 Å². The van der Waals surface area contributed by atoms with E-state index in [0.717, 1.165) is 27.7 Å². The van der Waals surface area contributed by atoms with Crippen molar-refractivity contribution < 1.29 is 9.90 Å². The highest BCUT2D eigenvalue weighted by atomic mass is 16.4. The fourth-order valence-electron chi connectivity index (χ4n) is 3.01. The second-order valence-corrected chi connectivity index (χ2v) is 5.28. The van der Waals surface area contributed by atoms with Crippen LogP contribution in [-0.2, 0) is 0 Å². The Hall–Kier alpha value is -3.08. The Morgan fingerprint density at radius 2 is 1.86 bits per heavy atom. The van der Waals surface area contributed by atoms with E-state index in [0.29, 0.717) is 11.1 Å². The van der Waals surface area contributed by atoms with Crippen LogP contribution in [0.2, 0.25) is 0 Å². The number of aryl methyl sites for hydroxylation is 1. The third-order valence-electron chi connectivity index (χ3n) is 3.95. The Morgan fingerprint density at radius 3 is 2.68 bits per heavy atom. The molecule has 3 N–H and O–H groups in total. The van der Waals surface area contributed by atoms with Gasteiger partial charge in [-0.05, 0) is 25.1 Å². The third-order valence-corrected chi connectivity index (χ3v) is 3.95. The number of fused-ring (bicyclic) bond motifs is 2. The number of nitrogens with zero attached hydrogens (tertiary/aromatic N) is 1. The molecule has 108 valence electrons. The summed E-state index contributed by atoms with van der Waals surface area (Å²) in [5, 5.41) is 18.5. The molecule has 22 heavy (non-hydrogen) atoms. The first-order chi connectivity index (χ1) is 10.7. The minimum Gasteiger partial charge on any atom is -0.478 e. The first kappa shape index (κ1) is 12.6. The number of carbonyl (C=O) groups is 1. The van der Waals surface area contributed by atoms with Gasteiger partial charge in [0.25, 0.3) is 0 Å². The van der Waals surface area contributed by atoms with Crippen LogP contribution < -0.4 is 0 Å². The van der Waals surface area contributed by atoms with Crippen molar-refractivity contribution in [2.45, 2.75) is 6.92 Å². The number of aromatic nitrogens is 3. The largest absolute Gasteiger partial charge is 0.478 e. The van der Waals surface area contributed by atoms with E-state index < -0.39 is 5.97 Å². The van der Waals surface area contributed by atoms with Crippen LogP contribution in [0.3, 0.4) is 0 Å². The zero-order chi connectivity index (χ0) is 15.3. The van der Waals surface area contributed by atoms with Crippen LogP contribution in [-0.4, -0.2) is 26.3 Å². The molecule has 4 aromatic rings. The molecule has 5 nitrogen and oxygen atoms in total. The fraction of sp³-hybridized carbons (Fsp3) is 0.0588. The van der Waals surface area contributed by atoms with Crippen molar-refractivity contribution in [3.63, 3.8) is 0 Å². The minimum atomic E-state index is -0.953. The first-order valence-corrected chi connectivity index (χ1v) is 6.95. The highest BCUT2D eigenvalue weighted by molar-refractivity contribution is 6.11. The SMILES string of the molecule is Cc1[nH]c2ccccc2c1-c1n[nH]c2cccc(C(=O)O)c12. The number of hydrogen-bond acceptors (Lipinski definition) is 2. The molecule has 4 rings (SSSR count). The quantitative estimate of drug-likeness (QED) is 0.526. The maximum atomic E-state index is 11.5. The third kappa shape index (κ3) is 1.65. The minimum absolute atomic E-state index is 0.255. The number of aromatic amines is 2. The number of H-pyrrole nitrogens is 2. The molecule has 0 aliphatic rings. The molecular formula is C17H13N3O2. The van der Waals surface area contributed by atoms with E-state index in [1.54, 1.807) is 12.1 Å². The van der Waals surface area contributed by atoms with Crippen LogP contribution in [0, 0.1) is 6.92 Å². The summed E-state index contributed by atoms with van der Waals surface area (Å²) < 4.78 is 0. The maximum absolute atomic E-state index is 11.5. The first-order valence-electron chi connectivity index (χ1n) is 6.95. The summed E-state index contributed by atoms with van der Waals surface area (Å²) in [5.74, 6) is -0.953. The van der Waals surface area contributed by atoms with Gasteiger partial charge in [0.2, 0.25) is 0 Å². The van der Waals surface area contributed by atoms with Crippen LogP contribution in [0.25, 0.3) is 33.1 Å². The van der Waals surface area contributed by atoms with Crippen LogP contribution in [0.4, 0.5) is 0 Å². The van der Waals surface area contributed by atoms with Gasteiger partial charge >= 0.3 is 5.97 Å².